The first kappa shape index (κ1) is 21.8. The second-order valence-electron chi connectivity index (χ2n) is 10.7. The number of rotatable bonds is 6. The molecule has 184 valence electrons. The highest BCUT2D eigenvalue weighted by Crippen LogP contribution is 2.81. The Balaban J connectivity index is 1.37. The molecule has 36 heavy (non-hydrogen) atoms. The van der Waals surface area contributed by atoms with E-state index >= 15 is 0 Å². The predicted octanol–water partition coefficient (Wildman–Crippen LogP) is 2.78. The van der Waals surface area contributed by atoms with E-state index in [1.807, 2.05) is 66.5 Å². The van der Waals surface area contributed by atoms with Crippen LogP contribution in [0.4, 0.5) is 5.69 Å². The van der Waals surface area contributed by atoms with Crippen molar-refractivity contribution in [2.45, 2.75) is 48.5 Å². The van der Waals surface area contributed by atoms with Crippen LogP contribution in [0.25, 0.3) is 0 Å². The molecule has 7 heteroatoms. The van der Waals surface area contributed by atoms with Gasteiger partial charge in [0.1, 0.15) is 0 Å². The predicted molar refractivity (Wildman–Crippen MR) is 131 cm³/mol. The van der Waals surface area contributed by atoms with Crippen LogP contribution >= 0.6 is 0 Å². The van der Waals surface area contributed by atoms with Gasteiger partial charge in [-0.3, -0.25) is 9.59 Å². The Morgan fingerprint density at radius 2 is 1.86 bits per heavy atom. The number of fused-ring (bicyclic) bond motifs is 3. The number of carbonyl (C=O) groups excluding carboxylic acids is 3. The second kappa shape index (κ2) is 6.85. The van der Waals surface area contributed by atoms with E-state index in [0.717, 1.165) is 16.8 Å². The lowest BCUT2D eigenvalue weighted by atomic mass is 9.55. The molecule has 5 aliphatic rings. The van der Waals surface area contributed by atoms with Crippen LogP contribution in [0.3, 0.4) is 0 Å². The Bertz CT molecular complexity index is 1340. The molecule has 1 aliphatic carbocycles. The quantitative estimate of drug-likeness (QED) is 0.357. The van der Waals surface area contributed by atoms with E-state index in [9.17, 15) is 14.4 Å². The first-order valence-corrected chi connectivity index (χ1v) is 12.6. The highest BCUT2D eigenvalue weighted by atomic mass is 16.6. The number of likely N-dealkylation sites (tertiary alicyclic amines) is 1. The monoisotopic (exact) mass is 484 g/mol. The minimum Gasteiger partial charge on any atom is -0.463 e. The van der Waals surface area contributed by atoms with Crippen molar-refractivity contribution in [1.29, 1.82) is 0 Å². The van der Waals surface area contributed by atoms with E-state index in [0.29, 0.717) is 19.3 Å². The molecule has 1 saturated carbocycles. The summed E-state index contributed by atoms with van der Waals surface area (Å²) in [5.41, 5.74) is -1.83. The fourth-order valence-electron chi connectivity index (χ4n) is 8.03. The Kier molecular flexibility index (Phi) is 4.15. The summed E-state index contributed by atoms with van der Waals surface area (Å²) in [7, 11) is 1.89. The van der Waals surface area contributed by atoms with Gasteiger partial charge in [-0.05, 0) is 30.0 Å². The molecule has 0 radical (unpaired) electrons. The van der Waals surface area contributed by atoms with E-state index in [1.54, 1.807) is 11.0 Å². The van der Waals surface area contributed by atoms with Gasteiger partial charge in [0.05, 0.1) is 23.5 Å². The number of amides is 1. The summed E-state index contributed by atoms with van der Waals surface area (Å²) in [4.78, 5) is 45.7. The number of hydrogen-bond donors (Lipinski definition) is 0. The topological polar surface area (TPSA) is 76.2 Å². The third-order valence-corrected chi connectivity index (χ3v) is 9.28. The molecule has 7 rings (SSSR count). The van der Waals surface area contributed by atoms with Gasteiger partial charge in [0, 0.05) is 32.1 Å². The molecular formula is C29H28N2O5. The largest absolute Gasteiger partial charge is 0.463 e. The van der Waals surface area contributed by atoms with E-state index in [-0.39, 0.29) is 31.3 Å². The molecular weight excluding hydrogens is 456 g/mol. The number of ketones is 1. The Morgan fingerprint density at radius 1 is 1.14 bits per heavy atom. The maximum Gasteiger partial charge on any atom is 0.348 e. The van der Waals surface area contributed by atoms with Gasteiger partial charge in [0.15, 0.2) is 11.5 Å². The van der Waals surface area contributed by atoms with Crippen molar-refractivity contribution in [3.05, 3.63) is 78.4 Å². The van der Waals surface area contributed by atoms with Crippen LogP contribution in [0.5, 0.6) is 0 Å². The van der Waals surface area contributed by atoms with Gasteiger partial charge in [-0.25, -0.2) is 4.79 Å². The SMILES string of the molecule is C=CCN1C(=O)C[C@]23c4ccccc4N(C)[C@H]2[C@]2(C(=O)OCCc4ccccc4)O[C@]13C1(CC1)C2=O. The number of ether oxygens (including phenoxy) is 2. The van der Waals surface area contributed by atoms with Crippen LogP contribution in [0.1, 0.15) is 30.4 Å². The van der Waals surface area contributed by atoms with Crippen molar-refractivity contribution in [3.8, 4) is 0 Å². The van der Waals surface area contributed by atoms with Crippen molar-refractivity contribution in [2.75, 3.05) is 25.1 Å². The molecule has 2 aromatic carbocycles. The molecule has 4 heterocycles. The highest BCUT2D eigenvalue weighted by Gasteiger charge is 2.98. The molecule has 7 nitrogen and oxygen atoms in total. The molecule has 0 aromatic heterocycles. The minimum atomic E-state index is -1.79. The van der Waals surface area contributed by atoms with Gasteiger partial charge in [-0.1, -0.05) is 54.6 Å². The summed E-state index contributed by atoms with van der Waals surface area (Å²) < 4.78 is 12.7. The molecule has 2 aromatic rings. The van der Waals surface area contributed by atoms with E-state index in [1.165, 1.54) is 0 Å². The van der Waals surface area contributed by atoms with E-state index in [4.69, 9.17) is 9.47 Å². The molecule has 2 bridgehead atoms. The van der Waals surface area contributed by atoms with Crippen LogP contribution in [-0.2, 0) is 35.7 Å². The lowest BCUT2D eigenvalue weighted by Crippen LogP contribution is -2.70. The van der Waals surface area contributed by atoms with Crippen molar-refractivity contribution >= 4 is 23.3 Å². The first-order chi connectivity index (χ1) is 17.4. The smallest absolute Gasteiger partial charge is 0.348 e. The summed E-state index contributed by atoms with van der Waals surface area (Å²) in [6.07, 6.45) is 3.57. The first-order valence-electron chi connectivity index (χ1n) is 12.6. The number of Topliss-reactive ketones (excluding diaryl/α,β-unsaturated/α-hetero) is 1. The summed E-state index contributed by atoms with van der Waals surface area (Å²) >= 11 is 0. The summed E-state index contributed by atoms with van der Waals surface area (Å²) in [6.45, 7) is 4.27. The summed E-state index contributed by atoms with van der Waals surface area (Å²) in [6, 6.07) is 17.0. The van der Waals surface area contributed by atoms with Gasteiger partial charge in [-0.2, -0.15) is 0 Å². The average molecular weight is 485 g/mol. The van der Waals surface area contributed by atoms with Gasteiger partial charge < -0.3 is 19.3 Å². The Morgan fingerprint density at radius 3 is 2.58 bits per heavy atom. The van der Waals surface area contributed by atoms with E-state index < -0.39 is 34.2 Å². The zero-order valence-corrected chi connectivity index (χ0v) is 20.2. The molecule has 0 N–H and O–H groups in total. The number of anilines is 1. The third kappa shape index (κ3) is 2.11. The van der Waals surface area contributed by atoms with E-state index in [2.05, 4.69) is 6.58 Å². The number of esters is 1. The van der Waals surface area contributed by atoms with Crippen LogP contribution in [0, 0.1) is 5.41 Å². The minimum absolute atomic E-state index is 0.0722. The van der Waals surface area contributed by atoms with Crippen molar-refractivity contribution in [1.82, 2.24) is 4.90 Å². The average Bonchev–Trinajstić information content (AvgIpc) is 3.47. The number of para-hydroxylation sites is 1. The van der Waals surface area contributed by atoms with Crippen LogP contribution < -0.4 is 4.90 Å². The Labute approximate surface area is 209 Å². The van der Waals surface area contributed by atoms with Crippen LogP contribution in [0.2, 0.25) is 0 Å². The van der Waals surface area contributed by atoms with Gasteiger partial charge in [-0.15, -0.1) is 6.58 Å². The van der Waals surface area contributed by atoms with Gasteiger partial charge >= 0.3 is 5.97 Å². The number of benzene rings is 2. The molecule has 4 aliphatic heterocycles. The number of hydrogen-bond acceptors (Lipinski definition) is 6. The van der Waals surface area contributed by atoms with Crippen LogP contribution in [0.15, 0.2) is 67.3 Å². The molecule has 4 fully saturated rings. The molecule has 3 spiro atoms. The summed E-state index contributed by atoms with van der Waals surface area (Å²) in [5, 5.41) is 0. The van der Waals surface area contributed by atoms with Gasteiger partial charge in [0.25, 0.3) is 0 Å². The summed E-state index contributed by atoms with van der Waals surface area (Å²) in [5.74, 6) is -0.947. The van der Waals surface area contributed by atoms with Crippen molar-refractivity contribution in [3.63, 3.8) is 0 Å². The lowest BCUT2D eigenvalue weighted by Gasteiger charge is -2.48. The number of likely N-dealkylation sites (N-methyl/N-ethyl adjacent to an activating group) is 1. The molecule has 1 amide bonds. The maximum absolute atomic E-state index is 14.4. The lowest BCUT2D eigenvalue weighted by molar-refractivity contribution is -0.190. The van der Waals surface area contributed by atoms with Crippen molar-refractivity contribution in [2.24, 2.45) is 5.41 Å². The molecule has 4 atom stereocenters. The second-order valence-corrected chi connectivity index (χ2v) is 10.7. The zero-order chi connectivity index (χ0) is 24.9. The standard InChI is InChI=1S/C29H28N2O5/c1-3-16-31-22(32)18-27-20-11-7-8-12-21(20)30(2)23(27)28(24(33)26(14-15-26)29(27,31)36-28)25(34)35-17-13-19-9-5-4-6-10-19/h3-12,23H,1,13-18H2,2H3/t23-,27+,28+,29+/m1/s1. The van der Waals surface area contributed by atoms with Crippen LogP contribution in [-0.4, -0.2) is 60.1 Å². The third-order valence-electron chi connectivity index (χ3n) is 9.28. The van der Waals surface area contributed by atoms with Gasteiger partial charge in [0.2, 0.25) is 11.5 Å². The fraction of sp³-hybridized carbons (Fsp3) is 0.414. The molecule has 0 unspecified atom stereocenters. The highest BCUT2D eigenvalue weighted by molar-refractivity contribution is 6.18. The van der Waals surface area contributed by atoms with Crippen molar-refractivity contribution < 1.29 is 23.9 Å². The normalized spacial score (nSPS) is 34.1. The molecule has 3 saturated heterocycles. The fourth-order valence-corrected chi connectivity index (χ4v) is 8.03. The number of nitrogens with zero attached hydrogens (tertiary/aromatic N) is 2. The Hall–Kier alpha value is -3.45. The number of carbonyl (C=O) groups is 3. The maximum atomic E-state index is 14.4. The zero-order valence-electron chi connectivity index (χ0n) is 20.2.